The number of rotatable bonds is 6. The Morgan fingerprint density at radius 2 is 1.30 bits per heavy atom. The minimum Gasteiger partial charge on any atom is -0.462 e. The molecule has 2 aromatic carbocycles. The molecule has 1 N–H and O–H groups in total. The molecule has 0 aliphatic heterocycles. The first-order valence-corrected chi connectivity index (χ1v) is 16.7. The Balaban J connectivity index is 1.13. The van der Waals surface area contributed by atoms with E-state index in [1.807, 2.05) is 36.4 Å². The van der Waals surface area contributed by atoms with Crippen LogP contribution in [-0.4, -0.2) is 54.7 Å². The summed E-state index contributed by atoms with van der Waals surface area (Å²) < 4.78 is 126. The van der Waals surface area contributed by atoms with Crippen LogP contribution in [0.1, 0.15) is 72.6 Å². The van der Waals surface area contributed by atoms with Crippen LogP contribution in [0.15, 0.2) is 48.5 Å². The summed E-state index contributed by atoms with van der Waals surface area (Å²) in [5.74, 6) is -7.11. The van der Waals surface area contributed by atoms with Gasteiger partial charge in [0.2, 0.25) is 0 Å². The first kappa shape index (κ1) is 31.5. The second-order valence-corrected chi connectivity index (χ2v) is 15.2. The van der Waals surface area contributed by atoms with E-state index in [2.05, 4.69) is 16.9 Å². The van der Waals surface area contributed by atoms with E-state index in [0.717, 1.165) is 22.3 Å². The van der Waals surface area contributed by atoms with E-state index in [9.17, 15) is 44.3 Å². The van der Waals surface area contributed by atoms with Crippen molar-refractivity contribution in [2.75, 3.05) is 5.75 Å². The van der Waals surface area contributed by atoms with E-state index in [0.29, 0.717) is 19.3 Å². The molecule has 7 nitrogen and oxygen atoms in total. The fraction of sp³-hybridized carbons (Fsp3) is 0.562. The Hall–Kier alpha value is -3.13. The number of esters is 2. The van der Waals surface area contributed by atoms with Crippen molar-refractivity contribution in [3.05, 3.63) is 70.8 Å². The molecule has 0 spiro atoms. The molecule has 2 aromatic rings. The number of alkyl halides is 6. The van der Waals surface area contributed by atoms with Crippen molar-refractivity contribution >= 4 is 22.1 Å². The molecule has 46 heavy (non-hydrogen) atoms. The molecule has 3 atom stereocenters. The standard InChI is InChI=1S/C32H30F6O7S/c33-31(34,35)30(32(36,37)38,15-46(41,42)43)45-28(40)29-12-16-9-17(13-29)26(18(10-16)14-29)44-27(39)24-11-23-19-5-1-3-7-21(19)25(24)22-8-4-2-6-20(22)23/h1-8,16-18,23-26H,9-15H2,(H,41,42,43). The second-order valence-electron chi connectivity index (χ2n) is 13.7. The van der Waals surface area contributed by atoms with Crippen molar-refractivity contribution in [3.8, 4) is 0 Å². The van der Waals surface area contributed by atoms with Crippen molar-refractivity contribution < 1.29 is 58.4 Å². The molecule has 0 amide bonds. The van der Waals surface area contributed by atoms with Crippen molar-refractivity contribution in [2.24, 2.45) is 29.1 Å². The lowest BCUT2D eigenvalue weighted by Gasteiger charge is -2.58. The number of hydrogen-bond donors (Lipinski definition) is 1. The lowest BCUT2D eigenvalue weighted by Crippen LogP contribution is -2.66. The van der Waals surface area contributed by atoms with Crippen molar-refractivity contribution in [2.45, 2.75) is 74.4 Å². The van der Waals surface area contributed by atoms with E-state index in [1.165, 1.54) is 0 Å². The summed E-state index contributed by atoms with van der Waals surface area (Å²) in [4.78, 5) is 27.3. The highest BCUT2D eigenvalue weighted by Gasteiger charge is 2.77. The van der Waals surface area contributed by atoms with Crippen molar-refractivity contribution in [1.29, 1.82) is 0 Å². The predicted octanol–water partition coefficient (Wildman–Crippen LogP) is 6.32. The van der Waals surface area contributed by atoms with Crippen molar-refractivity contribution in [3.63, 3.8) is 0 Å². The number of halogens is 6. The zero-order valence-electron chi connectivity index (χ0n) is 24.2. The van der Waals surface area contributed by atoms with Gasteiger partial charge in [0.1, 0.15) is 11.9 Å². The van der Waals surface area contributed by atoms with Gasteiger partial charge in [0.05, 0.1) is 11.3 Å². The largest absolute Gasteiger partial charge is 0.462 e. The Kier molecular flexibility index (Phi) is 6.97. The van der Waals surface area contributed by atoms with Crippen LogP contribution in [-0.2, 0) is 29.2 Å². The van der Waals surface area contributed by atoms with Crippen molar-refractivity contribution in [1.82, 2.24) is 0 Å². The maximum Gasteiger partial charge on any atom is 0.438 e. The molecule has 248 valence electrons. The molecule has 4 fully saturated rings. The lowest BCUT2D eigenvalue weighted by atomic mass is 9.48. The first-order valence-electron chi connectivity index (χ1n) is 15.1. The maximum atomic E-state index is 13.9. The zero-order valence-corrected chi connectivity index (χ0v) is 25.0. The molecule has 7 aliphatic rings. The van der Waals surface area contributed by atoms with Gasteiger partial charge >= 0.3 is 29.9 Å². The van der Waals surface area contributed by atoms with Gasteiger partial charge in [0, 0.05) is 11.8 Å². The Morgan fingerprint density at radius 1 is 0.804 bits per heavy atom. The van der Waals surface area contributed by atoms with Crippen LogP contribution in [0.3, 0.4) is 0 Å². The highest BCUT2D eigenvalue weighted by Crippen LogP contribution is 2.63. The quantitative estimate of drug-likeness (QED) is 0.218. The average molecular weight is 673 g/mol. The number of hydrogen-bond acceptors (Lipinski definition) is 6. The van der Waals surface area contributed by atoms with Gasteiger partial charge < -0.3 is 9.47 Å². The van der Waals surface area contributed by atoms with Gasteiger partial charge in [-0.1, -0.05) is 48.5 Å². The zero-order chi connectivity index (χ0) is 33.0. The molecule has 3 unspecified atom stereocenters. The maximum absolute atomic E-state index is 13.9. The van der Waals surface area contributed by atoms with E-state index in [4.69, 9.17) is 9.29 Å². The number of ether oxygens (including phenoxy) is 2. The minimum atomic E-state index is -6.40. The van der Waals surface area contributed by atoms with Gasteiger partial charge in [-0.05, 0) is 78.5 Å². The van der Waals surface area contributed by atoms with Gasteiger partial charge in [0.15, 0.2) is 0 Å². The fourth-order valence-corrected chi connectivity index (χ4v) is 10.4. The van der Waals surface area contributed by atoms with E-state index < -0.39 is 75.0 Å². The van der Waals surface area contributed by atoms with Gasteiger partial charge in [-0.3, -0.25) is 14.1 Å². The van der Waals surface area contributed by atoms with Crippen LogP contribution in [0.25, 0.3) is 0 Å². The van der Waals surface area contributed by atoms with Gasteiger partial charge in [-0.15, -0.1) is 0 Å². The molecule has 4 saturated carbocycles. The highest BCUT2D eigenvalue weighted by atomic mass is 32.2. The summed E-state index contributed by atoms with van der Waals surface area (Å²) in [6.07, 6.45) is -12.4. The van der Waals surface area contributed by atoms with Crippen LogP contribution in [0, 0.1) is 29.1 Å². The molecular formula is C32H30F6O7S. The normalized spacial score (nSPS) is 32.9. The lowest BCUT2D eigenvalue weighted by molar-refractivity contribution is -0.364. The van der Waals surface area contributed by atoms with E-state index in [-0.39, 0.29) is 37.0 Å². The summed E-state index contributed by atoms with van der Waals surface area (Å²) in [5.41, 5.74) is -2.78. The molecule has 9 rings (SSSR count). The molecular weight excluding hydrogens is 642 g/mol. The summed E-state index contributed by atoms with van der Waals surface area (Å²) in [5, 5.41) is 0. The Labute approximate surface area is 260 Å². The van der Waals surface area contributed by atoms with Crippen LogP contribution in [0.5, 0.6) is 0 Å². The monoisotopic (exact) mass is 672 g/mol. The van der Waals surface area contributed by atoms with E-state index in [1.54, 1.807) is 0 Å². The Morgan fingerprint density at radius 3 is 1.78 bits per heavy atom. The first-order chi connectivity index (χ1) is 21.4. The molecule has 6 bridgehead atoms. The number of carbonyl (C=O) groups is 2. The highest BCUT2D eigenvalue weighted by molar-refractivity contribution is 7.85. The minimum absolute atomic E-state index is 0.00300. The number of fused-ring (bicyclic) bond motifs is 1. The van der Waals surface area contributed by atoms with Gasteiger partial charge in [0.25, 0.3) is 10.1 Å². The van der Waals surface area contributed by atoms with Gasteiger partial charge in [-0.25, -0.2) is 0 Å². The van der Waals surface area contributed by atoms with Crippen LogP contribution >= 0.6 is 0 Å². The van der Waals surface area contributed by atoms with Crippen LogP contribution < -0.4 is 0 Å². The SMILES string of the molecule is O=C(OC1C2CC3CC1CC(C(=O)OC(CS(=O)(=O)O)(C(F)(F)F)C(F)(F)F)(C3)C2)C1CC2c3ccccc3C1c1ccccc12. The number of benzene rings is 2. The molecule has 0 saturated heterocycles. The third-order valence-electron chi connectivity index (χ3n) is 11.0. The fourth-order valence-electron chi connectivity index (χ4n) is 9.50. The molecule has 7 aliphatic carbocycles. The van der Waals surface area contributed by atoms with E-state index >= 15 is 0 Å². The van der Waals surface area contributed by atoms with Crippen LogP contribution in [0.4, 0.5) is 26.3 Å². The molecule has 0 aromatic heterocycles. The molecule has 0 radical (unpaired) electrons. The molecule has 0 heterocycles. The smallest absolute Gasteiger partial charge is 0.438 e. The summed E-state index contributed by atoms with van der Waals surface area (Å²) >= 11 is 0. The third-order valence-corrected chi connectivity index (χ3v) is 11.8. The summed E-state index contributed by atoms with van der Waals surface area (Å²) in [7, 11) is -5.90. The summed E-state index contributed by atoms with van der Waals surface area (Å²) in [6.45, 7) is 0. The van der Waals surface area contributed by atoms with Gasteiger partial charge in [-0.2, -0.15) is 34.8 Å². The average Bonchev–Trinajstić information content (AvgIpc) is 2.96. The second kappa shape index (κ2) is 10.2. The summed E-state index contributed by atoms with van der Waals surface area (Å²) in [6, 6.07) is 15.9. The Bertz CT molecular complexity index is 1630. The topological polar surface area (TPSA) is 107 Å². The van der Waals surface area contributed by atoms with Crippen LogP contribution in [0.2, 0.25) is 0 Å². The predicted molar refractivity (Wildman–Crippen MR) is 148 cm³/mol. The third kappa shape index (κ3) is 4.76. The number of carbonyl (C=O) groups excluding carboxylic acids is 2. The molecule has 14 heteroatoms.